The first kappa shape index (κ1) is 20.6. The first-order valence-corrected chi connectivity index (χ1v) is 10.4. The Bertz CT molecular complexity index is 1060. The van der Waals surface area contributed by atoms with Crippen molar-refractivity contribution < 1.29 is 14.4 Å². The lowest BCUT2D eigenvalue weighted by atomic mass is 9.81. The van der Waals surface area contributed by atoms with Crippen LogP contribution in [0, 0.1) is 5.41 Å². The van der Waals surface area contributed by atoms with Gasteiger partial charge in [-0.2, -0.15) is 4.98 Å². The molecule has 1 spiro atoms. The normalized spacial score (nSPS) is 23.4. The lowest BCUT2D eigenvalue weighted by Crippen LogP contribution is -2.30. The zero-order valence-electron chi connectivity index (χ0n) is 16.9. The molecule has 1 saturated heterocycles. The molecule has 2 heterocycles. The number of amides is 1. The number of β-amino-alcohol motifs (C(OH)–C–C–N with tert-alkyl or cyclic N) is 1. The van der Waals surface area contributed by atoms with Crippen LogP contribution < -0.4 is 0 Å². The number of carbonyl (C=O) groups is 1. The lowest BCUT2D eigenvalue weighted by molar-refractivity contribution is -0.128. The van der Waals surface area contributed by atoms with Gasteiger partial charge in [-0.3, -0.25) is 4.79 Å². The summed E-state index contributed by atoms with van der Waals surface area (Å²) < 4.78 is 5.50. The average molecular weight is 426 g/mol. The van der Waals surface area contributed by atoms with Crippen molar-refractivity contribution in [2.24, 2.45) is 5.41 Å². The molecule has 2 aliphatic rings. The van der Waals surface area contributed by atoms with Crippen molar-refractivity contribution in [3.63, 3.8) is 0 Å². The summed E-state index contributed by atoms with van der Waals surface area (Å²) in [6, 6.07) is 7.28. The Hall–Kier alpha value is -2.70. The molecule has 156 valence electrons. The number of aliphatic hydroxyl groups is 1. The number of benzene rings is 1. The van der Waals surface area contributed by atoms with Crippen LogP contribution in [-0.2, 0) is 4.79 Å². The van der Waals surface area contributed by atoms with Crippen molar-refractivity contribution in [2.75, 3.05) is 19.7 Å². The second-order valence-corrected chi connectivity index (χ2v) is 8.24. The van der Waals surface area contributed by atoms with E-state index in [2.05, 4.69) is 16.7 Å². The third-order valence-corrected chi connectivity index (χ3v) is 6.20. The molecule has 1 saturated carbocycles. The van der Waals surface area contributed by atoms with E-state index in [9.17, 15) is 9.90 Å². The standard InChI is InChI=1S/C23H24ClN3O3/c1-3-5-19(21-25-22(30-26-21)16-6-4-7-17(24)12-16)18-8-9-23(15(18)2)13-20(29)27(14-23)10-11-28/h3-7,12,28H,2,8-11,13-14H2,1H3/b5-3-,19-18+/t23-/m0/s1. The highest BCUT2D eigenvalue weighted by atomic mass is 35.5. The van der Waals surface area contributed by atoms with E-state index >= 15 is 0 Å². The zero-order chi connectivity index (χ0) is 21.3. The third-order valence-electron chi connectivity index (χ3n) is 5.96. The van der Waals surface area contributed by atoms with Crippen LogP contribution in [0.15, 0.2) is 58.7 Å². The molecule has 2 aromatic rings. The van der Waals surface area contributed by atoms with E-state index in [1.54, 1.807) is 17.0 Å². The molecule has 1 aromatic heterocycles. The summed E-state index contributed by atoms with van der Waals surface area (Å²) in [7, 11) is 0. The smallest absolute Gasteiger partial charge is 0.258 e. The molecule has 7 heteroatoms. The summed E-state index contributed by atoms with van der Waals surface area (Å²) in [4.78, 5) is 18.8. The van der Waals surface area contributed by atoms with Crippen LogP contribution in [-0.4, -0.2) is 45.8 Å². The number of hydrogen-bond donors (Lipinski definition) is 1. The molecule has 1 amide bonds. The summed E-state index contributed by atoms with van der Waals surface area (Å²) in [6.45, 7) is 7.23. The minimum atomic E-state index is -0.284. The van der Waals surface area contributed by atoms with Gasteiger partial charge in [-0.05, 0) is 49.1 Å². The number of nitrogens with zero attached hydrogens (tertiary/aromatic N) is 3. The van der Waals surface area contributed by atoms with Crippen LogP contribution in [0.4, 0.5) is 0 Å². The fourth-order valence-electron chi connectivity index (χ4n) is 4.44. The molecule has 1 N–H and O–H groups in total. The van der Waals surface area contributed by atoms with E-state index in [0.717, 1.165) is 35.1 Å². The second-order valence-electron chi connectivity index (χ2n) is 7.80. The number of aromatic nitrogens is 2. The maximum atomic E-state index is 12.4. The number of carbonyl (C=O) groups excluding carboxylic acids is 1. The summed E-state index contributed by atoms with van der Waals surface area (Å²) in [6.07, 6.45) is 5.97. The number of aliphatic hydroxyl groups excluding tert-OH is 1. The summed E-state index contributed by atoms with van der Waals surface area (Å²) in [5.41, 5.74) is 3.36. The Morgan fingerprint density at radius 3 is 3.03 bits per heavy atom. The third kappa shape index (κ3) is 3.61. The van der Waals surface area contributed by atoms with Crippen molar-refractivity contribution in [1.29, 1.82) is 0 Å². The Morgan fingerprint density at radius 1 is 1.47 bits per heavy atom. The van der Waals surface area contributed by atoms with Crippen LogP contribution in [0.5, 0.6) is 0 Å². The van der Waals surface area contributed by atoms with Crippen LogP contribution >= 0.6 is 11.6 Å². The fraction of sp³-hybridized carbons (Fsp3) is 0.348. The van der Waals surface area contributed by atoms with E-state index in [0.29, 0.717) is 36.2 Å². The van der Waals surface area contributed by atoms with Gasteiger partial charge in [0.2, 0.25) is 11.7 Å². The Labute approximate surface area is 180 Å². The van der Waals surface area contributed by atoms with Gasteiger partial charge in [0.25, 0.3) is 5.89 Å². The number of halogens is 1. The van der Waals surface area contributed by atoms with Gasteiger partial charge in [0.15, 0.2) is 0 Å². The molecule has 1 aliphatic heterocycles. The van der Waals surface area contributed by atoms with Gasteiger partial charge in [-0.15, -0.1) is 0 Å². The van der Waals surface area contributed by atoms with Crippen LogP contribution in [0.3, 0.4) is 0 Å². The molecule has 1 aliphatic carbocycles. The molecule has 0 unspecified atom stereocenters. The van der Waals surface area contributed by atoms with Crippen LogP contribution in [0.2, 0.25) is 5.02 Å². The maximum Gasteiger partial charge on any atom is 0.258 e. The summed E-state index contributed by atoms with van der Waals surface area (Å²) in [5.74, 6) is 0.966. The van der Waals surface area contributed by atoms with Crippen molar-refractivity contribution in [3.8, 4) is 11.5 Å². The SMILES string of the molecule is C=C1/C(=C(\C=C/C)c2noc(-c3cccc(Cl)c3)n2)CC[C@@]12CC(=O)N(CCO)C2. The predicted octanol–water partition coefficient (Wildman–Crippen LogP) is 4.28. The van der Waals surface area contributed by atoms with Gasteiger partial charge in [0.1, 0.15) is 0 Å². The van der Waals surface area contributed by atoms with Gasteiger partial charge in [0, 0.05) is 41.1 Å². The first-order valence-electron chi connectivity index (χ1n) is 10.0. The summed E-state index contributed by atoms with van der Waals surface area (Å²) >= 11 is 6.08. The molecule has 0 radical (unpaired) electrons. The predicted molar refractivity (Wildman–Crippen MR) is 116 cm³/mol. The van der Waals surface area contributed by atoms with Crippen molar-refractivity contribution in [3.05, 3.63) is 65.0 Å². The quantitative estimate of drug-likeness (QED) is 0.773. The summed E-state index contributed by atoms with van der Waals surface area (Å²) in [5, 5.41) is 14.0. The van der Waals surface area contributed by atoms with Gasteiger partial charge < -0.3 is 14.5 Å². The minimum Gasteiger partial charge on any atom is -0.395 e. The Kier molecular flexibility index (Phi) is 5.62. The van der Waals surface area contributed by atoms with E-state index in [4.69, 9.17) is 16.1 Å². The molecule has 6 nitrogen and oxygen atoms in total. The molecule has 30 heavy (non-hydrogen) atoms. The van der Waals surface area contributed by atoms with Gasteiger partial charge in [-0.25, -0.2) is 0 Å². The molecule has 1 aromatic carbocycles. The number of rotatable bonds is 5. The number of hydrogen-bond acceptors (Lipinski definition) is 5. The fourth-order valence-corrected chi connectivity index (χ4v) is 4.63. The first-order chi connectivity index (χ1) is 14.5. The van der Waals surface area contributed by atoms with E-state index < -0.39 is 0 Å². The monoisotopic (exact) mass is 425 g/mol. The number of allylic oxidation sites excluding steroid dienone is 4. The largest absolute Gasteiger partial charge is 0.395 e. The van der Waals surface area contributed by atoms with E-state index in [1.165, 1.54) is 0 Å². The Balaban J connectivity index is 1.68. The number of likely N-dealkylation sites (tertiary alicyclic amines) is 1. The zero-order valence-corrected chi connectivity index (χ0v) is 17.7. The van der Waals surface area contributed by atoms with Crippen molar-refractivity contribution >= 4 is 23.1 Å². The van der Waals surface area contributed by atoms with Crippen LogP contribution in [0.25, 0.3) is 17.0 Å². The van der Waals surface area contributed by atoms with Crippen molar-refractivity contribution in [2.45, 2.75) is 26.2 Å². The van der Waals surface area contributed by atoms with E-state index in [1.807, 2.05) is 31.2 Å². The van der Waals surface area contributed by atoms with Crippen molar-refractivity contribution in [1.82, 2.24) is 15.0 Å². The maximum absolute atomic E-state index is 12.4. The molecule has 2 fully saturated rings. The van der Waals surface area contributed by atoms with Gasteiger partial charge >= 0.3 is 0 Å². The highest BCUT2D eigenvalue weighted by Crippen LogP contribution is 2.53. The second kappa shape index (κ2) is 8.20. The topological polar surface area (TPSA) is 79.5 Å². The lowest BCUT2D eigenvalue weighted by Gasteiger charge is -2.24. The Morgan fingerprint density at radius 2 is 2.30 bits per heavy atom. The minimum absolute atomic E-state index is 0.0318. The van der Waals surface area contributed by atoms with E-state index in [-0.39, 0.29) is 17.9 Å². The molecule has 0 bridgehead atoms. The molecule has 4 rings (SSSR count). The molecule has 1 atom stereocenters. The van der Waals surface area contributed by atoms with Gasteiger partial charge in [-0.1, -0.05) is 41.6 Å². The molecular formula is C23H24ClN3O3. The molecular weight excluding hydrogens is 402 g/mol. The average Bonchev–Trinajstić information content (AvgIpc) is 3.41. The highest BCUT2D eigenvalue weighted by Gasteiger charge is 2.49. The van der Waals surface area contributed by atoms with Gasteiger partial charge in [0.05, 0.1) is 6.61 Å². The highest BCUT2D eigenvalue weighted by molar-refractivity contribution is 6.30. The van der Waals surface area contributed by atoms with Crippen LogP contribution in [0.1, 0.15) is 32.0 Å².